The third kappa shape index (κ3) is 3.77. The van der Waals surface area contributed by atoms with Gasteiger partial charge < -0.3 is 0 Å². The van der Waals surface area contributed by atoms with Crippen LogP contribution >= 0.6 is 0 Å². The van der Waals surface area contributed by atoms with Gasteiger partial charge in [-0.1, -0.05) is 115 Å². The van der Waals surface area contributed by atoms with Gasteiger partial charge in [0.2, 0.25) is 0 Å². The topological polar surface area (TPSA) is 51.6 Å². The van der Waals surface area contributed by atoms with Gasteiger partial charge in [-0.15, -0.1) is 0 Å². The summed E-state index contributed by atoms with van der Waals surface area (Å²) in [7, 11) is 0. The molecule has 2 heterocycles. The number of pyridine rings is 1. The van der Waals surface area contributed by atoms with Crippen molar-refractivity contribution in [1.82, 2.24) is 19.9 Å². The number of rotatable bonds is 3. The van der Waals surface area contributed by atoms with Crippen LogP contribution in [0.2, 0.25) is 0 Å². The predicted molar refractivity (Wildman–Crippen MR) is 175 cm³/mol. The van der Waals surface area contributed by atoms with Crippen LogP contribution in [0.15, 0.2) is 134 Å². The zero-order chi connectivity index (χ0) is 28.3. The molecule has 6 aromatic carbocycles. The molecular formula is C39H24N4. The van der Waals surface area contributed by atoms with E-state index in [1.165, 1.54) is 49.0 Å². The van der Waals surface area contributed by atoms with E-state index in [9.17, 15) is 0 Å². The zero-order valence-corrected chi connectivity index (χ0v) is 23.2. The summed E-state index contributed by atoms with van der Waals surface area (Å²) in [5.41, 5.74) is 7.63. The lowest BCUT2D eigenvalue weighted by atomic mass is 9.93. The first-order valence-corrected chi connectivity index (χ1v) is 14.5. The molecule has 43 heavy (non-hydrogen) atoms. The lowest BCUT2D eigenvalue weighted by molar-refractivity contribution is 1.05. The fourth-order valence-corrected chi connectivity index (χ4v) is 6.62. The fourth-order valence-electron chi connectivity index (χ4n) is 6.62. The van der Waals surface area contributed by atoms with Crippen molar-refractivity contribution in [2.24, 2.45) is 0 Å². The summed E-state index contributed by atoms with van der Waals surface area (Å²) in [6, 6.07) is 44.6. The van der Waals surface area contributed by atoms with Gasteiger partial charge in [-0.25, -0.2) is 15.0 Å². The Morgan fingerprint density at radius 2 is 1.00 bits per heavy atom. The number of hydrogen-bond donors (Lipinski definition) is 0. The second-order valence-electron chi connectivity index (χ2n) is 11.0. The van der Waals surface area contributed by atoms with Crippen LogP contribution in [0.25, 0.3) is 77.7 Å². The highest BCUT2D eigenvalue weighted by molar-refractivity contribution is 6.25. The van der Waals surface area contributed by atoms with E-state index in [0.29, 0.717) is 17.5 Å². The van der Waals surface area contributed by atoms with Gasteiger partial charge in [-0.3, -0.25) is 4.98 Å². The van der Waals surface area contributed by atoms with E-state index < -0.39 is 0 Å². The Kier molecular flexibility index (Phi) is 5.23. The maximum absolute atomic E-state index is 5.10. The van der Waals surface area contributed by atoms with Gasteiger partial charge in [-0.2, -0.15) is 0 Å². The van der Waals surface area contributed by atoms with E-state index in [-0.39, 0.29) is 0 Å². The maximum Gasteiger partial charge on any atom is 0.182 e. The van der Waals surface area contributed by atoms with E-state index in [1.807, 2.05) is 36.5 Å². The molecule has 9 rings (SSSR count). The van der Waals surface area contributed by atoms with Crippen molar-refractivity contribution in [2.75, 3.05) is 0 Å². The van der Waals surface area contributed by atoms with Crippen molar-refractivity contribution in [3.63, 3.8) is 0 Å². The molecular weight excluding hydrogens is 524 g/mol. The molecule has 0 fully saturated rings. The summed E-state index contributed by atoms with van der Waals surface area (Å²) in [5.74, 6) is 1.87. The van der Waals surface area contributed by atoms with E-state index >= 15 is 0 Å². The van der Waals surface area contributed by atoms with Crippen LogP contribution in [0.5, 0.6) is 0 Å². The zero-order valence-electron chi connectivity index (χ0n) is 23.2. The monoisotopic (exact) mass is 548 g/mol. The minimum Gasteiger partial charge on any atom is -0.253 e. The Hall–Kier alpha value is -5.74. The number of aromatic nitrogens is 4. The minimum absolute atomic E-state index is 0.594. The van der Waals surface area contributed by atoms with E-state index in [4.69, 9.17) is 19.9 Å². The van der Waals surface area contributed by atoms with Crippen LogP contribution in [0.4, 0.5) is 0 Å². The average molecular weight is 549 g/mol. The van der Waals surface area contributed by atoms with E-state index in [1.54, 1.807) is 0 Å². The summed E-state index contributed by atoms with van der Waals surface area (Å²) < 4.78 is 0. The normalized spacial score (nSPS) is 12.1. The van der Waals surface area contributed by atoms with Crippen molar-refractivity contribution in [3.05, 3.63) is 145 Å². The molecule has 0 amide bonds. The van der Waals surface area contributed by atoms with Crippen LogP contribution < -0.4 is 0 Å². The van der Waals surface area contributed by atoms with Gasteiger partial charge in [-0.05, 0) is 66.7 Å². The molecule has 1 aliphatic carbocycles. The van der Waals surface area contributed by atoms with Crippen LogP contribution in [-0.4, -0.2) is 19.9 Å². The standard InChI is InChI=1S/C39H24N4/c1-2-10-24(11-3-1)37-41-38(43-39(42-37)36-35-22-25-12-4-5-13-27(25)33(35)20-21-40-36)26-18-19-32-30-16-7-6-14-28(30)29-15-8-9-17-31(29)34(32)23-26/h1-21,23H,22H2. The van der Waals surface area contributed by atoms with Gasteiger partial charge in [0.1, 0.15) is 5.69 Å². The molecule has 0 N–H and O–H groups in total. The molecule has 0 saturated heterocycles. The largest absolute Gasteiger partial charge is 0.253 e. The van der Waals surface area contributed by atoms with Crippen molar-refractivity contribution in [2.45, 2.75) is 6.42 Å². The van der Waals surface area contributed by atoms with Gasteiger partial charge in [0, 0.05) is 23.7 Å². The Morgan fingerprint density at radius 3 is 1.74 bits per heavy atom. The van der Waals surface area contributed by atoms with Gasteiger partial charge in [0.15, 0.2) is 17.5 Å². The Morgan fingerprint density at radius 1 is 0.419 bits per heavy atom. The maximum atomic E-state index is 5.10. The minimum atomic E-state index is 0.594. The molecule has 0 saturated carbocycles. The quantitative estimate of drug-likeness (QED) is 0.206. The van der Waals surface area contributed by atoms with Gasteiger partial charge in [0.25, 0.3) is 0 Å². The summed E-state index contributed by atoms with van der Waals surface area (Å²) in [6.45, 7) is 0. The van der Waals surface area contributed by atoms with Crippen molar-refractivity contribution < 1.29 is 0 Å². The molecule has 4 nitrogen and oxygen atoms in total. The second kappa shape index (κ2) is 9.40. The molecule has 0 unspecified atom stereocenters. The molecule has 0 bridgehead atoms. The molecule has 0 radical (unpaired) electrons. The van der Waals surface area contributed by atoms with Crippen LogP contribution in [0.3, 0.4) is 0 Å². The van der Waals surface area contributed by atoms with Crippen LogP contribution in [0, 0.1) is 0 Å². The number of nitrogens with zero attached hydrogens (tertiary/aromatic N) is 4. The molecule has 0 spiro atoms. The average Bonchev–Trinajstić information content (AvgIpc) is 3.47. The molecule has 4 heteroatoms. The first-order valence-electron chi connectivity index (χ1n) is 14.5. The molecule has 2 aromatic heterocycles. The summed E-state index contributed by atoms with van der Waals surface area (Å²) in [5, 5.41) is 7.37. The third-order valence-electron chi connectivity index (χ3n) is 8.61. The number of fused-ring (bicyclic) bond motifs is 9. The third-order valence-corrected chi connectivity index (χ3v) is 8.61. The fraction of sp³-hybridized carbons (Fsp3) is 0.0256. The van der Waals surface area contributed by atoms with Crippen molar-refractivity contribution in [3.8, 4) is 45.4 Å². The number of hydrogen-bond acceptors (Lipinski definition) is 4. The van der Waals surface area contributed by atoms with Crippen molar-refractivity contribution in [1.29, 1.82) is 0 Å². The molecule has 0 atom stereocenters. The van der Waals surface area contributed by atoms with E-state index in [0.717, 1.165) is 28.8 Å². The van der Waals surface area contributed by atoms with E-state index in [2.05, 4.69) is 97.1 Å². The highest BCUT2D eigenvalue weighted by Crippen LogP contribution is 2.41. The van der Waals surface area contributed by atoms with Gasteiger partial charge in [0.05, 0.1) is 0 Å². The molecule has 200 valence electrons. The first-order chi connectivity index (χ1) is 21.3. The molecule has 0 aliphatic heterocycles. The first kappa shape index (κ1) is 23.9. The SMILES string of the molecule is c1ccc(-c2nc(-c3ccc4c5ccccc5c5ccccc5c4c3)nc(-c3nccc4c3Cc3ccccc3-4)n2)cc1. The Balaban J connectivity index is 1.29. The highest BCUT2D eigenvalue weighted by atomic mass is 15.0. The lowest BCUT2D eigenvalue weighted by Gasteiger charge is -2.13. The summed E-state index contributed by atoms with van der Waals surface area (Å²) >= 11 is 0. The Bertz CT molecular complexity index is 2340. The highest BCUT2D eigenvalue weighted by Gasteiger charge is 2.24. The number of benzene rings is 6. The predicted octanol–water partition coefficient (Wildman–Crippen LogP) is 9.30. The summed E-state index contributed by atoms with van der Waals surface area (Å²) in [4.78, 5) is 20.0. The molecule has 8 aromatic rings. The van der Waals surface area contributed by atoms with Crippen LogP contribution in [0.1, 0.15) is 11.1 Å². The lowest BCUT2D eigenvalue weighted by Crippen LogP contribution is -2.03. The molecule has 1 aliphatic rings. The van der Waals surface area contributed by atoms with Crippen molar-refractivity contribution >= 4 is 32.3 Å². The second-order valence-corrected chi connectivity index (χ2v) is 11.0. The Labute approximate surface area is 248 Å². The smallest absolute Gasteiger partial charge is 0.182 e. The van der Waals surface area contributed by atoms with Gasteiger partial charge >= 0.3 is 0 Å². The summed E-state index contributed by atoms with van der Waals surface area (Å²) in [6.07, 6.45) is 2.68. The van der Waals surface area contributed by atoms with Crippen LogP contribution in [-0.2, 0) is 6.42 Å².